The van der Waals surface area contributed by atoms with E-state index < -0.39 is 0 Å². The van der Waals surface area contributed by atoms with Gasteiger partial charge in [-0.3, -0.25) is 19.6 Å². The van der Waals surface area contributed by atoms with Crippen molar-refractivity contribution < 1.29 is 0 Å². The molecule has 0 aromatic carbocycles. The zero-order chi connectivity index (χ0) is 17.3. The fourth-order valence-corrected chi connectivity index (χ4v) is 2.04. The minimum absolute atomic E-state index is 0.0891. The fourth-order valence-electron chi connectivity index (χ4n) is 2.04. The summed E-state index contributed by atoms with van der Waals surface area (Å²) in [4.78, 5) is 45.7. The van der Waals surface area contributed by atoms with Gasteiger partial charge in [0.15, 0.2) is 22.3 Å². The number of hydrogen-bond donors (Lipinski definition) is 5. The zero-order valence-electron chi connectivity index (χ0n) is 12.8. The maximum atomic E-state index is 11.2. The second kappa shape index (κ2) is 5.83. The number of nitrogens with two attached hydrogens (primary N) is 1. The van der Waals surface area contributed by atoms with Gasteiger partial charge in [-0.25, -0.2) is 9.97 Å². The molecule has 0 spiro atoms. The van der Waals surface area contributed by atoms with Crippen LogP contribution in [0.5, 0.6) is 0 Å². The lowest BCUT2D eigenvalue weighted by atomic mass is 10.5. The standard InChI is InChI=1S/2C6H7N5O/c1-11-2-8-4-3(11)5(12)10-6(7)9-4;1-7-6-10-4-3(5(12)11-6)8-2-9-4/h2H,1H3,(H3,7,9,10,12);2H,1H3,(H3,7,8,9,10,11,12). The summed E-state index contributed by atoms with van der Waals surface area (Å²) < 4.78 is 1.60. The molecule has 0 aliphatic carbocycles. The maximum absolute atomic E-state index is 11.2. The summed E-state index contributed by atoms with van der Waals surface area (Å²) in [5, 5.41) is 2.73. The number of fused-ring (bicyclic) bond motifs is 2. The molecule has 24 heavy (non-hydrogen) atoms. The highest BCUT2D eigenvalue weighted by Crippen LogP contribution is 2.02. The van der Waals surface area contributed by atoms with Crippen LogP contribution in [-0.4, -0.2) is 46.5 Å². The monoisotopic (exact) mass is 330 g/mol. The van der Waals surface area contributed by atoms with Gasteiger partial charge in [-0.05, 0) is 0 Å². The Hall–Kier alpha value is -3.70. The Bertz CT molecular complexity index is 1120. The van der Waals surface area contributed by atoms with E-state index in [1.165, 1.54) is 12.7 Å². The van der Waals surface area contributed by atoms with Crippen LogP contribution in [0.4, 0.5) is 11.9 Å². The van der Waals surface area contributed by atoms with Gasteiger partial charge in [0.2, 0.25) is 11.9 Å². The van der Waals surface area contributed by atoms with Crippen LogP contribution in [0.25, 0.3) is 22.3 Å². The largest absolute Gasteiger partial charge is 0.369 e. The van der Waals surface area contributed by atoms with Crippen LogP contribution >= 0.6 is 0 Å². The van der Waals surface area contributed by atoms with Crippen molar-refractivity contribution in [2.75, 3.05) is 18.1 Å². The third-order valence-electron chi connectivity index (χ3n) is 3.13. The average Bonchev–Trinajstić information content (AvgIpc) is 3.15. The van der Waals surface area contributed by atoms with E-state index in [0.717, 1.165) is 0 Å². The van der Waals surface area contributed by atoms with Crippen molar-refractivity contribution in [3.63, 3.8) is 0 Å². The minimum Gasteiger partial charge on any atom is -0.369 e. The van der Waals surface area contributed by atoms with E-state index in [4.69, 9.17) is 5.73 Å². The number of imidazole rings is 2. The number of aromatic nitrogens is 8. The number of nitrogens with one attached hydrogen (secondary N) is 4. The second-order valence-electron chi connectivity index (χ2n) is 4.74. The highest BCUT2D eigenvalue weighted by Gasteiger charge is 2.05. The van der Waals surface area contributed by atoms with Crippen LogP contribution in [0.2, 0.25) is 0 Å². The van der Waals surface area contributed by atoms with E-state index in [9.17, 15) is 9.59 Å². The van der Waals surface area contributed by atoms with E-state index in [2.05, 4.69) is 40.2 Å². The molecule has 4 aromatic rings. The lowest BCUT2D eigenvalue weighted by Gasteiger charge is -1.95. The number of rotatable bonds is 1. The Kier molecular flexibility index (Phi) is 3.69. The van der Waals surface area contributed by atoms with E-state index in [1.807, 2.05) is 0 Å². The predicted molar refractivity (Wildman–Crippen MR) is 87.6 cm³/mol. The Morgan fingerprint density at radius 3 is 2.67 bits per heavy atom. The summed E-state index contributed by atoms with van der Waals surface area (Å²) >= 11 is 0. The molecular weight excluding hydrogens is 316 g/mol. The van der Waals surface area contributed by atoms with Crippen molar-refractivity contribution in [2.45, 2.75) is 0 Å². The van der Waals surface area contributed by atoms with Crippen LogP contribution < -0.4 is 22.2 Å². The van der Waals surface area contributed by atoms with E-state index in [-0.39, 0.29) is 17.1 Å². The lowest BCUT2D eigenvalue weighted by Crippen LogP contribution is -2.13. The molecule has 0 radical (unpaired) electrons. The van der Waals surface area contributed by atoms with Crippen molar-refractivity contribution >= 4 is 34.2 Å². The first-order valence-corrected chi connectivity index (χ1v) is 6.77. The summed E-state index contributed by atoms with van der Waals surface area (Å²) in [5.74, 6) is 0.505. The van der Waals surface area contributed by atoms with Gasteiger partial charge in [0, 0.05) is 14.1 Å². The third kappa shape index (κ3) is 2.67. The van der Waals surface area contributed by atoms with Gasteiger partial charge in [-0.1, -0.05) is 0 Å². The molecule has 0 fully saturated rings. The Labute approximate surface area is 133 Å². The van der Waals surface area contributed by atoms with Crippen LogP contribution in [-0.2, 0) is 7.05 Å². The number of aromatic amines is 3. The van der Waals surface area contributed by atoms with Crippen molar-refractivity contribution in [1.82, 2.24) is 39.5 Å². The van der Waals surface area contributed by atoms with Crippen molar-refractivity contribution in [3.05, 3.63) is 33.4 Å². The molecule has 0 bridgehead atoms. The molecule has 0 aliphatic rings. The molecule has 0 saturated carbocycles. The number of aryl methyl sites for hydroxylation is 1. The summed E-state index contributed by atoms with van der Waals surface area (Å²) in [6, 6.07) is 0. The van der Waals surface area contributed by atoms with Gasteiger partial charge >= 0.3 is 0 Å². The van der Waals surface area contributed by atoms with Crippen molar-refractivity contribution in [3.8, 4) is 0 Å². The first kappa shape index (κ1) is 15.2. The van der Waals surface area contributed by atoms with Crippen LogP contribution in [0, 0.1) is 0 Å². The quantitative estimate of drug-likeness (QED) is 0.293. The molecular formula is C12H14N10O2. The molecule has 12 nitrogen and oxygen atoms in total. The van der Waals surface area contributed by atoms with E-state index >= 15 is 0 Å². The molecule has 0 unspecified atom stereocenters. The Balaban J connectivity index is 0.000000141. The zero-order valence-corrected chi connectivity index (χ0v) is 12.8. The van der Waals surface area contributed by atoms with Gasteiger partial charge < -0.3 is 20.6 Å². The van der Waals surface area contributed by atoms with Gasteiger partial charge in [0.05, 0.1) is 12.7 Å². The fraction of sp³-hybridized carbons (Fsp3) is 0.167. The van der Waals surface area contributed by atoms with Crippen molar-refractivity contribution in [1.29, 1.82) is 0 Å². The Morgan fingerprint density at radius 1 is 1.12 bits per heavy atom. The van der Waals surface area contributed by atoms with Crippen LogP contribution in [0.3, 0.4) is 0 Å². The number of nitrogens with zero attached hydrogens (tertiary/aromatic N) is 5. The summed E-state index contributed by atoms with van der Waals surface area (Å²) in [6.07, 6.45) is 2.96. The van der Waals surface area contributed by atoms with Crippen LogP contribution in [0.1, 0.15) is 0 Å². The highest BCUT2D eigenvalue weighted by molar-refractivity contribution is 5.70. The maximum Gasteiger partial charge on any atom is 0.278 e. The molecule has 0 amide bonds. The number of anilines is 2. The minimum atomic E-state index is -0.266. The van der Waals surface area contributed by atoms with Crippen molar-refractivity contribution in [2.24, 2.45) is 7.05 Å². The van der Waals surface area contributed by atoms with Gasteiger partial charge in [0.1, 0.15) is 0 Å². The second-order valence-corrected chi connectivity index (χ2v) is 4.74. The van der Waals surface area contributed by atoms with Gasteiger partial charge in [-0.15, -0.1) is 0 Å². The average molecular weight is 330 g/mol. The number of hydrogen-bond acceptors (Lipinski definition) is 8. The summed E-state index contributed by atoms with van der Waals surface area (Å²) in [7, 11) is 3.40. The van der Waals surface area contributed by atoms with E-state index in [0.29, 0.717) is 28.3 Å². The molecule has 0 atom stereocenters. The predicted octanol–water partition coefficient (Wildman–Crippen LogP) is -1.07. The summed E-state index contributed by atoms with van der Waals surface area (Å²) in [5.41, 5.74) is 6.46. The lowest BCUT2D eigenvalue weighted by molar-refractivity contribution is 0.939. The topological polar surface area (TPSA) is 176 Å². The smallest absolute Gasteiger partial charge is 0.278 e. The molecule has 4 rings (SSSR count). The molecule has 0 aliphatic heterocycles. The molecule has 4 heterocycles. The Morgan fingerprint density at radius 2 is 1.92 bits per heavy atom. The first-order valence-electron chi connectivity index (χ1n) is 6.77. The van der Waals surface area contributed by atoms with Crippen LogP contribution in [0.15, 0.2) is 22.2 Å². The molecule has 0 saturated heterocycles. The molecule has 6 N–H and O–H groups in total. The normalized spacial score (nSPS) is 10.6. The molecule has 4 aromatic heterocycles. The van der Waals surface area contributed by atoms with Gasteiger partial charge in [0.25, 0.3) is 11.1 Å². The molecule has 12 heteroatoms. The SMILES string of the molecule is CNc1nc2nc[nH]c2c(=O)[nH]1.Cn1cnc2nc(N)[nH]c(=O)c21. The summed E-state index contributed by atoms with van der Waals surface area (Å²) in [6.45, 7) is 0. The van der Waals surface area contributed by atoms with E-state index in [1.54, 1.807) is 18.7 Å². The molecule has 124 valence electrons. The first-order chi connectivity index (χ1) is 11.5. The van der Waals surface area contributed by atoms with Gasteiger partial charge in [-0.2, -0.15) is 9.97 Å². The highest BCUT2D eigenvalue weighted by atomic mass is 16.1. The third-order valence-corrected chi connectivity index (χ3v) is 3.13. The number of nitrogen functional groups attached to an aromatic ring is 1. The number of H-pyrrole nitrogens is 3.